The maximum absolute atomic E-state index is 8.75. The second-order valence-corrected chi connectivity index (χ2v) is 3.19. The van der Waals surface area contributed by atoms with Crippen LogP contribution in [0.5, 0.6) is 5.75 Å². The highest BCUT2D eigenvalue weighted by molar-refractivity contribution is 5.63. The Kier molecular flexibility index (Phi) is 3.16. The van der Waals surface area contributed by atoms with E-state index in [1.54, 1.807) is 7.11 Å². The summed E-state index contributed by atoms with van der Waals surface area (Å²) in [5, 5.41) is 12.6. The quantitative estimate of drug-likeness (QED) is 0.840. The Balaban J connectivity index is 2.34. The van der Waals surface area contributed by atoms with Gasteiger partial charge in [-0.05, 0) is 12.1 Å². The van der Waals surface area contributed by atoms with E-state index >= 15 is 0 Å². The van der Waals surface area contributed by atoms with Crippen LogP contribution in [0.2, 0.25) is 0 Å². The van der Waals surface area contributed by atoms with Gasteiger partial charge in [0.05, 0.1) is 25.7 Å². The predicted molar refractivity (Wildman–Crippen MR) is 57.1 cm³/mol. The Morgan fingerprint density at radius 3 is 2.94 bits per heavy atom. The average Bonchev–Trinajstić information content (AvgIpc) is 2.78. The number of nitrogens with zero attached hydrogens (tertiary/aromatic N) is 2. The number of aliphatic hydroxyl groups is 1. The van der Waals surface area contributed by atoms with Crippen LogP contribution in [0.1, 0.15) is 5.89 Å². The molecule has 2 rings (SSSR count). The summed E-state index contributed by atoms with van der Waals surface area (Å²) in [4.78, 5) is 4.16. The number of para-hydroxylation sites is 1. The molecule has 84 valence electrons. The van der Waals surface area contributed by atoms with Gasteiger partial charge in [0.15, 0.2) is 0 Å². The van der Waals surface area contributed by atoms with Gasteiger partial charge in [-0.2, -0.15) is 4.98 Å². The third-order valence-corrected chi connectivity index (χ3v) is 2.14. The van der Waals surface area contributed by atoms with Gasteiger partial charge < -0.3 is 14.4 Å². The molecule has 0 saturated heterocycles. The fourth-order valence-electron chi connectivity index (χ4n) is 1.39. The zero-order chi connectivity index (χ0) is 11.4. The SMILES string of the molecule is COc1ccccc1-c1noc(CCO)n1. The lowest BCUT2D eigenvalue weighted by atomic mass is 10.2. The molecular weight excluding hydrogens is 208 g/mol. The number of methoxy groups -OCH3 is 1. The molecule has 0 aliphatic carbocycles. The first-order valence-electron chi connectivity index (χ1n) is 4.92. The second-order valence-electron chi connectivity index (χ2n) is 3.19. The highest BCUT2D eigenvalue weighted by Crippen LogP contribution is 2.26. The molecule has 0 atom stereocenters. The third kappa shape index (κ3) is 2.04. The van der Waals surface area contributed by atoms with Crippen molar-refractivity contribution in [3.63, 3.8) is 0 Å². The maximum atomic E-state index is 8.75. The van der Waals surface area contributed by atoms with Crippen molar-refractivity contribution in [3.8, 4) is 17.1 Å². The lowest BCUT2D eigenvalue weighted by Crippen LogP contribution is -1.91. The molecule has 0 radical (unpaired) electrons. The van der Waals surface area contributed by atoms with Gasteiger partial charge in [-0.3, -0.25) is 0 Å². The molecule has 16 heavy (non-hydrogen) atoms. The van der Waals surface area contributed by atoms with E-state index in [9.17, 15) is 0 Å². The molecule has 1 aromatic carbocycles. The lowest BCUT2D eigenvalue weighted by Gasteiger charge is -2.02. The van der Waals surface area contributed by atoms with E-state index in [1.807, 2.05) is 24.3 Å². The van der Waals surface area contributed by atoms with Gasteiger partial charge in [0.25, 0.3) is 0 Å². The van der Waals surface area contributed by atoms with Crippen molar-refractivity contribution < 1.29 is 14.4 Å². The smallest absolute Gasteiger partial charge is 0.229 e. The van der Waals surface area contributed by atoms with Gasteiger partial charge >= 0.3 is 0 Å². The number of ether oxygens (including phenoxy) is 1. The molecule has 0 aliphatic heterocycles. The third-order valence-electron chi connectivity index (χ3n) is 2.14. The Labute approximate surface area is 92.7 Å². The molecule has 0 bridgehead atoms. The van der Waals surface area contributed by atoms with Crippen LogP contribution in [-0.2, 0) is 6.42 Å². The first-order chi connectivity index (χ1) is 7.85. The first kappa shape index (κ1) is 10.6. The molecule has 0 aliphatic rings. The highest BCUT2D eigenvalue weighted by atomic mass is 16.5. The van der Waals surface area contributed by atoms with E-state index in [2.05, 4.69) is 10.1 Å². The van der Waals surface area contributed by atoms with E-state index in [-0.39, 0.29) is 6.61 Å². The number of benzene rings is 1. The number of rotatable bonds is 4. The predicted octanol–water partition coefficient (Wildman–Crippen LogP) is 1.28. The van der Waals surface area contributed by atoms with Crippen LogP contribution in [0.3, 0.4) is 0 Å². The summed E-state index contributed by atoms with van der Waals surface area (Å²) >= 11 is 0. The van der Waals surface area contributed by atoms with Gasteiger partial charge in [0.1, 0.15) is 5.75 Å². The normalized spacial score (nSPS) is 10.4. The van der Waals surface area contributed by atoms with Crippen LogP contribution in [0, 0.1) is 0 Å². The fraction of sp³-hybridized carbons (Fsp3) is 0.273. The van der Waals surface area contributed by atoms with Gasteiger partial charge in [-0.25, -0.2) is 0 Å². The number of hydrogen-bond donors (Lipinski definition) is 1. The van der Waals surface area contributed by atoms with Gasteiger partial charge in [0, 0.05) is 0 Å². The Bertz CT molecular complexity index is 468. The lowest BCUT2D eigenvalue weighted by molar-refractivity contribution is 0.274. The average molecular weight is 220 g/mol. The summed E-state index contributed by atoms with van der Waals surface area (Å²) in [5.41, 5.74) is 0.776. The number of hydrogen-bond acceptors (Lipinski definition) is 5. The van der Waals surface area contributed by atoms with Crippen LogP contribution >= 0.6 is 0 Å². The Morgan fingerprint density at radius 2 is 2.19 bits per heavy atom. The van der Waals surface area contributed by atoms with Crippen LogP contribution in [0.15, 0.2) is 28.8 Å². The second kappa shape index (κ2) is 4.76. The molecule has 5 heteroatoms. The van der Waals surface area contributed by atoms with E-state index < -0.39 is 0 Å². The Morgan fingerprint density at radius 1 is 1.38 bits per heavy atom. The minimum Gasteiger partial charge on any atom is -0.496 e. The van der Waals surface area contributed by atoms with E-state index in [0.29, 0.717) is 23.9 Å². The van der Waals surface area contributed by atoms with Crippen LogP contribution in [0.4, 0.5) is 0 Å². The summed E-state index contributed by atoms with van der Waals surface area (Å²) in [6, 6.07) is 7.43. The van der Waals surface area contributed by atoms with Crippen molar-refractivity contribution in [1.29, 1.82) is 0 Å². The van der Waals surface area contributed by atoms with Crippen LogP contribution in [-0.4, -0.2) is 29.0 Å². The van der Waals surface area contributed by atoms with Crippen LogP contribution in [0.25, 0.3) is 11.4 Å². The molecule has 1 aromatic heterocycles. The summed E-state index contributed by atoms with van der Waals surface area (Å²) in [6.07, 6.45) is 0.363. The monoisotopic (exact) mass is 220 g/mol. The Hall–Kier alpha value is -1.88. The molecule has 1 heterocycles. The van der Waals surface area contributed by atoms with Gasteiger partial charge in [-0.1, -0.05) is 17.3 Å². The van der Waals surface area contributed by atoms with Crippen molar-refractivity contribution in [2.24, 2.45) is 0 Å². The zero-order valence-electron chi connectivity index (χ0n) is 8.88. The van der Waals surface area contributed by atoms with Crippen molar-refractivity contribution in [3.05, 3.63) is 30.2 Å². The molecule has 0 unspecified atom stereocenters. The minimum absolute atomic E-state index is 0.00639. The van der Waals surface area contributed by atoms with Crippen LogP contribution < -0.4 is 4.74 Å². The minimum atomic E-state index is -0.00639. The van der Waals surface area contributed by atoms with Gasteiger partial charge in [-0.15, -0.1) is 0 Å². The van der Waals surface area contributed by atoms with E-state index in [1.165, 1.54) is 0 Å². The molecule has 2 aromatic rings. The molecule has 0 saturated carbocycles. The zero-order valence-corrected chi connectivity index (χ0v) is 8.88. The van der Waals surface area contributed by atoms with E-state index in [0.717, 1.165) is 5.56 Å². The molecular formula is C11H12N2O3. The summed E-state index contributed by atoms with van der Waals surface area (Å²) < 4.78 is 10.2. The number of aromatic nitrogens is 2. The standard InChI is InChI=1S/C11H12N2O3/c1-15-9-5-3-2-4-8(9)11-12-10(6-7-14)16-13-11/h2-5,14H,6-7H2,1H3. The summed E-state index contributed by atoms with van der Waals surface area (Å²) in [7, 11) is 1.59. The first-order valence-corrected chi connectivity index (χ1v) is 4.92. The number of aliphatic hydroxyl groups excluding tert-OH is 1. The van der Waals surface area contributed by atoms with Crippen molar-refractivity contribution in [2.45, 2.75) is 6.42 Å². The van der Waals surface area contributed by atoms with Crippen molar-refractivity contribution in [2.75, 3.05) is 13.7 Å². The highest BCUT2D eigenvalue weighted by Gasteiger charge is 2.11. The molecule has 0 fully saturated rings. The largest absolute Gasteiger partial charge is 0.496 e. The van der Waals surface area contributed by atoms with Crippen molar-refractivity contribution in [1.82, 2.24) is 10.1 Å². The maximum Gasteiger partial charge on any atom is 0.229 e. The molecule has 5 nitrogen and oxygen atoms in total. The fourth-order valence-corrected chi connectivity index (χ4v) is 1.39. The van der Waals surface area contributed by atoms with E-state index in [4.69, 9.17) is 14.4 Å². The summed E-state index contributed by atoms with van der Waals surface area (Å²) in [5.74, 6) is 1.59. The molecule has 0 amide bonds. The summed E-state index contributed by atoms with van der Waals surface area (Å²) in [6.45, 7) is -0.00639. The van der Waals surface area contributed by atoms with Gasteiger partial charge in [0.2, 0.25) is 11.7 Å². The topological polar surface area (TPSA) is 68.4 Å². The molecule has 0 spiro atoms. The molecule has 1 N–H and O–H groups in total. The van der Waals surface area contributed by atoms with Crippen molar-refractivity contribution >= 4 is 0 Å².